The lowest BCUT2D eigenvalue weighted by Gasteiger charge is -2.17. The third kappa shape index (κ3) is 7.56. The maximum atomic E-state index is 12.2. The van der Waals surface area contributed by atoms with E-state index < -0.39 is 12.1 Å². The van der Waals surface area contributed by atoms with Crippen LogP contribution >= 0.6 is 0 Å². The van der Waals surface area contributed by atoms with Crippen molar-refractivity contribution in [2.45, 2.75) is 19.4 Å². The number of amides is 2. The van der Waals surface area contributed by atoms with Gasteiger partial charge in [-0.2, -0.15) is 5.10 Å². The van der Waals surface area contributed by atoms with E-state index >= 15 is 0 Å². The first-order valence-electron chi connectivity index (χ1n) is 8.71. The fourth-order valence-electron chi connectivity index (χ4n) is 2.35. The zero-order valence-corrected chi connectivity index (χ0v) is 15.2. The summed E-state index contributed by atoms with van der Waals surface area (Å²) < 4.78 is 4.91. The molecule has 0 aliphatic rings. The molecule has 6 nitrogen and oxygen atoms in total. The number of ether oxygens (including phenoxy) is 1. The maximum absolute atomic E-state index is 12.2. The second kappa shape index (κ2) is 11.3. The highest BCUT2D eigenvalue weighted by Crippen LogP contribution is 2.16. The predicted octanol–water partition coefficient (Wildman–Crippen LogP) is 3.68. The molecule has 2 aromatic rings. The Kier molecular flexibility index (Phi) is 8.30. The van der Waals surface area contributed by atoms with Gasteiger partial charge in [0.05, 0.1) is 19.1 Å². The lowest BCUT2D eigenvalue weighted by Crippen LogP contribution is -2.33. The number of allylic oxidation sites excluding steroid dienone is 1. The third-order valence-electron chi connectivity index (χ3n) is 3.60. The summed E-state index contributed by atoms with van der Waals surface area (Å²) in [5.41, 5.74) is 4.31. The fourth-order valence-corrected chi connectivity index (χ4v) is 2.35. The van der Waals surface area contributed by atoms with Crippen LogP contribution in [0.4, 0.5) is 4.79 Å². The fraction of sp³-hybridized carbons (Fsp3) is 0.190. The number of alkyl carbamates (subject to hydrolysis) is 1. The SMILES string of the molecule is CCOC(=O)N[C@@H](CC(=O)N/N=C\C=C\c1ccccc1)c1ccccc1. The zero-order valence-electron chi connectivity index (χ0n) is 15.2. The van der Waals surface area contributed by atoms with Crippen molar-refractivity contribution in [3.8, 4) is 0 Å². The van der Waals surface area contributed by atoms with Gasteiger partial charge in [-0.25, -0.2) is 10.2 Å². The highest BCUT2D eigenvalue weighted by atomic mass is 16.5. The van der Waals surface area contributed by atoms with Gasteiger partial charge in [-0.1, -0.05) is 66.7 Å². The summed E-state index contributed by atoms with van der Waals surface area (Å²) in [6, 6.07) is 18.5. The number of hydrogen-bond donors (Lipinski definition) is 2. The van der Waals surface area contributed by atoms with E-state index in [-0.39, 0.29) is 18.9 Å². The summed E-state index contributed by atoms with van der Waals surface area (Å²) in [5.74, 6) is -0.315. The van der Waals surface area contributed by atoms with Gasteiger partial charge in [-0.15, -0.1) is 0 Å². The Morgan fingerprint density at radius 3 is 2.41 bits per heavy atom. The van der Waals surface area contributed by atoms with Gasteiger partial charge in [0.15, 0.2) is 0 Å². The molecule has 140 valence electrons. The molecular weight excluding hydrogens is 342 g/mol. The number of carbonyl (C=O) groups excluding carboxylic acids is 2. The minimum Gasteiger partial charge on any atom is -0.450 e. The highest BCUT2D eigenvalue weighted by molar-refractivity contribution is 5.82. The van der Waals surface area contributed by atoms with E-state index in [4.69, 9.17) is 4.74 Å². The van der Waals surface area contributed by atoms with Gasteiger partial charge in [0.1, 0.15) is 0 Å². The summed E-state index contributed by atoms with van der Waals surface area (Å²) in [5, 5.41) is 6.59. The summed E-state index contributed by atoms with van der Waals surface area (Å²) >= 11 is 0. The summed E-state index contributed by atoms with van der Waals surface area (Å²) in [6.07, 6.45) is 4.60. The van der Waals surface area contributed by atoms with Crippen LogP contribution in [0.1, 0.15) is 30.5 Å². The molecule has 0 saturated carbocycles. The van der Waals surface area contributed by atoms with Crippen molar-refractivity contribution in [2.24, 2.45) is 5.10 Å². The molecule has 2 rings (SSSR count). The van der Waals surface area contributed by atoms with Crippen molar-refractivity contribution < 1.29 is 14.3 Å². The summed E-state index contributed by atoms with van der Waals surface area (Å²) in [6.45, 7) is 1.99. The Hall–Kier alpha value is -3.41. The van der Waals surface area contributed by atoms with Crippen LogP contribution in [0.2, 0.25) is 0 Å². The van der Waals surface area contributed by atoms with E-state index in [1.54, 1.807) is 13.0 Å². The van der Waals surface area contributed by atoms with Gasteiger partial charge in [-0.05, 0) is 24.1 Å². The van der Waals surface area contributed by atoms with Crippen molar-refractivity contribution in [2.75, 3.05) is 6.61 Å². The van der Waals surface area contributed by atoms with Crippen LogP contribution in [0.5, 0.6) is 0 Å². The Labute approximate surface area is 158 Å². The van der Waals surface area contributed by atoms with Crippen molar-refractivity contribution in [3.05, 3.63) is 77.9 Å². The number of carbonyl (C=O) groups is 2. The molecule has 2 aromatic carbocycles. The van der Waals surface area contributed by atoms with Crippen LogP contribution in [0.15, 0.2) is 71.8 Å². The number of nitrogens with zero attached hydrogens (tertiary/aromatic N) is 1. The number of hydrogen-bond acceptors (Lipinski definition) is 4. The topological polar surface area (TPSA) is 79.8 Å². The molecule has 1 atom stereocenters. The van der Waals surface area contributed by atoms with Crippen molar-refractivity contribution in [1.29, 1.82) is 0 Å². The Bertz CT molecular complexity index is 774. The standard InChI is InChI=1S/C21H23N3O3/c1-2-27-21(26)23-19(18-13-7-4-8-14-18)16-20(25)24-22-15-9-12-17-10-5-3-6-11-17/h3-15,19H,2,16H2,1H3,(H,23,26)(H,24,25)/b12-9+,22-15-/t19-/m0/s1. The minimum atomic E-state index is -0.562. The Morgan fingerprint density at radius 2 is 1.74 bits per heavy atom. The van der Waals surface area contributed by atoms with Gasteiger partial charge in [-0.3, -0.25) is 4.79 Å². The first-order chi connectivity index (χ1) is 13.2. The van der Waals surface area contributed by atoms with Gasteiger partial charge in [0.25, 0.3) is 0 Å². The monoisotopic (exact) mass is 365 g/mol. The van der Waals surface area contributed by atoms with E-state index in [2.05, 4.69) is 15.8 Å². The first kappa shape index (κ1) is 19.9. The second-order valence-corrected chi connectivity index (χ2v) is 5.62. The highest BCUT2D eigenvalue weighted by Gasteiger charge is 2.18. The van der Waals surface area contributed by atoms with Crippen LogP contribution in [0.3, 0.4) is 0 Å². The normalized spacial score (nSPS) is 12.0. The average Bonchev–Trinajstić information content (AvgIpc) is 2.69. The third-order valence-corrected chi connectivity index (χ3v) is 3.60. The second-order valence-electron chi connectivity index (χ2n) is 5.62. The first-order valence-corrected chi connectivity index (χ1v) is 8.71. The molecule has 2 N–H and O–H groups in total. The smallest absolute Gasteiger partial charge is 0.407 e. The number of nitrogens with one attached hydrogen (secondary N) is 2. The molecule has 0 aromatic heterocycles. The largest absolute Gasteiger partial charge is 0.450 e. The van der Waals surface area contributed by atoms with Gasteiger partial charge < -0.3 is 10.1 Å². The Balaban J connectivity index is 1.90. The van der Waals surface area contributed by atoms with E-state index in [0.717, 1.165) is 11.1 Å². The predicted molar refractivity (Wildman–Crippen MR) is 106 cm³/mol. The molecule has 27 heavy (non-hydrogen) atoms. The van der Waals surface area contributed by atoms with Crippen molar-refractivity contribution >= 4 is 24.3 Å². The lowest BCUT2D eigenvalue weighted by atomic mass is 10.0. The van der Waals surface area contributed by atoms with Crippen molar-refractivity contribution in [3.63, 3.8) is 0 Å². The Morgan fingerprint density at radius 1 is 1.07 bits per heavy atom. The van der Waals surface area contributed by atoms with Gasteiger partial charge >= 0.3 is 6.09 Å². The average molecular weight is 365 g/mol. The summed E-state index contributed by atoms with van der Waals surface area (Å²) in [4.78, 5) is 23.9. The molecule has 0 fully saturated rings. The molecule has 0 heterocycles. The van der Waals surface area contributed by atoms with Crippen molar-refractivity contribution in [1.82, 2.24) is 10.7 Å². The zero-order chi connectivity index (χ0) is 19.3. The van der Waals surface area contributed by atoms with E-state index in [1.807, 2.05) is 66.7 Å². The van der Waals surface area contributed by atoms with E-state index in [1.165, 1.54) is 6.21 Å². The molecule has 6 heteroatoms. The summed E-state index contributed by atoms with van der Waals surface area (Å²) in [7, 11) is 0. The number of benzene rings is 2. The molecular formula is C21H23N3O3. The molecule has 0 radical (unpaired) electrons. The van der Waals surface area contributed by atoms with E-state index in [0.29, 0.717) is 0 Å². The van der Waals surface area contributed by atoms with Crippen LogP contribution in [0, 0.1) is 0 Å². The van der Waals surface area contributed by atoms with Crippen LogP contribution in [-0.2, 0) is 9.53 Å². The van der Waals surface area contributed by atoms with Crippen LogP contribution in [0.25, 0.3) is 6.08 Å². The van der Waals surface area contributed by atoms with Gasteiger partial charge in [0, 0.05) is 6.21 Å². The maximum Gasteiger partial charge on any atom is 0.407 e. The van der Waals surface area contributed by atoms with Crippen LogP contribution < -0.4 is 10.7 Å². The molecule has 0 spiro atoms. The molecule has 0 aliphatic carbocycles. The van der Waals surface area contributed by atoms with E-state index in [9.17, 15) is 9.59 Å². The number of hydrazone groups is 1. The molecule has 0 unspecified atom stereocenters. The lowest BCUT2D eigenvalue weighted by molar-refractivity contribution is -0.121. The minimum absolute atomic E-state index is 0.0442. The molecule has 0 aliphatic heterocycles. The molecule has 0 bridgehead atoms. The van der Waals surface area contributed by atoms with Crippen LogP contribution in [-0.4, -0.2) is 24.8 Å². The molecule has 0 saturated heterocycles. The quantitative estimate of drug-likeness (QED) is 0.553. The molecule has 2 amide bonds. The number of rotatable bonds is 8. The van der Waals surface area contributed by atoms with Gasteiger partial charge in [0.2, 0.25) is 5.91 Å².